The summed E-state index contributed by atoms with van der Waals surface area (Å²) in [5.74, 6) is 0. The highest BCUT2D eigenvalue weighted by atomic mass is 16.3. The number of rotatable bonds is 8. The highest BCUT2D eigenvalue weighted by Crippen LogP contribution is 1.90. The first-order chi connectivity index (χ1) is 6.24. The van der Waals surface area contributed by atoms with Crippen LogP contribution in [0.3, 0.4) is 0 Å². The molecule has 0 amide bonds. The fourth-order valence-electron chi connectivity index (χ4n) is 1.20. The molecule has 0 unspecified atom stereocenters. The molecule has 0 aliphatic carbocycles. The zero-order valence-corrected chi connectivity index (χ0v) is 8.79. The molecule has 0 saturated heterocycles. The third-order valence-corrected chi connectivity index (χ3v) is 2.03. The van der Waals surface area contributed by atoms with Crippen molar-refractivity contribution in [2.75, 3.05) is 32.7 Å². The second kappa shape index (κ2) is 8.23. The van der Waals surface area contributed by atoms with Crippen LogP contribution in [0.5, 0.6) is 0 Å². The minimum atomic E-state index is -0.278. The summed E-state index contributed by atoms with van der Waals surface area (Å²) in [6, 6.07) is 0. The fourth-order valence-corrected chi connectivity index (χ4v) is 1.20. The van der Waals surface area contributed by atoms with E-state index in [9.17, 15) is 5.11 Å². The van der Waals surface area contributed by atoms with Crippen LogP contribution in [0.15, 0.2) is 12.7 Å². The van der Waals surface area contributed by atoms with E-state index in [0.717, 1.165) is 26.2 Å². The lowest BCUT2D eigenvalue weighted by Gasteiger charge is -2.21. The van der Waals surface area contributed by atoms with Crippen LogP contribution in [0.25, 0.3) is 0 Å². The molecule has 0 aromatic rings. The largest absolute Gasteiger partial charge is 0.390 e. The van der Waals surface area contributed by atoms with Crippen LogP contribution >= 0.6 is 0 Å². The minimum absolute atomic E-state index is 0.278. The number of hydrogen-bond donors (Lipinski definition) is 2. The van der Waals surface area contributed by atoms with E-state index in [-0.39, 0.29) is 6.10 Å². The molecular weight excluding hydrogens is 164 g/mol. The van der Waals surface area contributed by atoms with Crippen molar-refractivity contribution in [3.8, 4) is 0 Å². The topological polar surface area (TPSA) is 35.5 Å². The van der Waals surface area contributed by atoms with E-state index in [1.54, 1.807) is 6.08 Å². The average molecular weight is 186 g/mol. The van der Waals surface area contributed by atoms with Gasteiger partial charge in [0, 0.05) is 19.6 Å². The summed E-state index contributed by atoms with van der Waals surface area (Å²) in [5, 5.41) is 12.7. The van der Waals surface area contributed by atoms with Crippen LogP contribution in [-0.2, 0) is 0 Å². The van der Waals surface area contributed by atoms with Gasteiger partial charge in [0.2, 0.25) is 0 Å². The van der Waals surface area contributed by atoms with Gasteiger partial charge in [-0.1, -0.05) is 19.9 Å². The third kappa shape index (κ3) is 6.75. The molecule has 0 spiro atoms. The number of likely N-dealkylation sites (N-methyl/N-ethyl adjacent to an activating group) is 1. The Labute approximate surface area is 81.4 Å². The van der Waals surface area contributed by atoms with E-state index in [1.807, 2.05) is 0 Å². The summed E-state index contributed by atoms with van der Waals surface area (Å²) >= 11 is 0. The van der Waals surface area contributed by atoms with Crippen molar-refractivity contribution in [2.45, 2.75) is 20.0 Å². The van der Waals surface area contributed by atoms with Gasteiger partial charge in [-0.2, -0.15) is 0 Å². The van der Waals surface area contributed by atoms with Gasteiger partial charge in [-0.25, -0.2) is 0 Å². The molecule has 0 radical (unpaired) electrons. The summed E-state index contributed by atoms with van der Waals surface area (Å²) in [5.41, 5.74) is 0. The molecule has 0 rings (SSSR count). The molecule has 3 heteroatoms. The van der Waals surface area contributed by atoms with Crippen molar-refractivity contribution in [2.24, 2.45) is 0 Å². The van der Waals surface area contributed by atoms with Gasteiger partial charge < -0.3 is 15.3 Å². The van der Waals surface area contributed by atoms with Crippen LogP contribution in [-0.4, -0.2) is 48.8 Å². The maximum Gasteiger partial charge on any atom is 0.0791 e. The standard InChI is InChI=1S/C10H22N2O/c1-4-7-11-8-10(13)9-12(5-2)6-3/h4,10-11,13H,1,5-9H2,2-3H3/t10-/m1/s1. The first-order valence-corrected chi connectivity index (χ1v) is 4.96. The lowest BCUT2D eigenvalue weighted by Crippen LogP contribution is -2.38. The third-order valence-electron chi connectivity index (χ3n) is 2.03. The number of nitrogens with one attached hydrogen (secondary N) is 1. The van der Waals surface area contributed by atoms with Gasteiger partial charge in [0.25, 0.3) is 0 Å². The maximum atomic E-state index is 9.57. The van der Waals surface area contributed by atoms with Crippen molar-refractivity contribution in [1.29, 1.82) is 0 Å². The van der Waals surface area contributed by atoms with E-state index >= 15 is 0 Å². The Bertz CT molecular complexity index is 124. The maximum absolute atomic E-state index is 9.57. The van der Waals surface area contributed by atoms with Crippen LogP contribution in [0.4, 0.5) is 0 Å². The average Bonchev–Trinajstić information content (AvgIpc) is 2.14. The summed E-state index contributed by atoms with van der Waals surface area (Å²) in [6.45, 7) is 11.9. The molecule has 0 aliphatic rings. The van der Waals surface area contributed by atoms with Crippen molar-refractivity contribution in [3.63, 3.8) is 0 Å². The van der Waals surface area contributed by atoms with E-state index in [0.29, 0.717) is 6.54 Å². The SMILES string of the molecule is C=CCNC[C@@H](O)CN(CC)CC. The van der Waals surface area contributed by atoms with E-state index in [2.05, 4.69) is 30.6 Å². The van der Waals surface area contributed by atoms with E-state index in [4.69, 9.17) is 0 Å². The van der Waals surface area contributed by atoms with Gasteiger partial charge >= 0.3 is 0 Å². The normalized spacial score (nSPS) is 13.2. The number of nitrogens with zero attached hydrogens (tertiary/aromatic N) is 1. The second-order valence-corrected chi connectivity index (χ2v) is 3.09. The molecular formula is C10H22N2O. The molecule has 2 N–H and O–H groups in total. The van der Waals surface area contributed by atoms with Gasteiger partial charge in [0.15, 0.2) is 0 Å². The Morgan fingerprint density at radius 1 is 1.46 bits per heavy atom. The lowest BCUT2D eigenvalue weighted by atomic mass is 10.3. The van der Waals surface area contributed by atoms with Gasteiger partial charge in [-0.3, -0.25) is 0 Å². The first-order valence-electron chi connectivity index (χ1n) is 4.96. The number of aliphatic hydroxyl groups excluding tert-OH is 1. The molecule has 78 valence electrons. The smallest absolute Gasteiger partial charge is 0.0791 e. The molecule has 0 aliphatic heterocycles. The Hall–Kier alpha value is -0.380. The molecule has 0 fully saturated rings. The molecule has 13 heavy (non-hydrogen) atoms. The lowest BCUT2D eigenvalue weighted by molar-refractivity contribution is 0.118. The van der Waals surface area contributed by atoms with Crippen molar-refractivity contribution >= 4 is 0 Å². The highest BCUT2D eigenvalue weighted by Gasteiger charge is 2.07. The Morgan fingerprint density at radius 3 is 2.54 bits per heavy atom. The Morgan fingerprint density at radius 2 is 2.08 bits per heavy atom. The van der Waals surface area contributed by atoms with Crippen molar-refractivity contribution in [3.05, 3.63) is 12.7 Å². The van der Waals surface area contributed by atoms with Gasteiger partial charge in [0.05, 0.1) is 6.10 Å². The summed E-state index contributed by atoms with van der Waals surface area (Å²) in [6.07, 6.45) is 1.52. The van der Waals surface area contributed by atoms with E-state index in [1.165, 1.54) is 0 Å². The van der Waals surface area contributed by atoms with Crippen molar-refractivity contribution < 1.29 is 5.11 Å². The van der Waals surface area contributed by atoms with Crippen LogP contribution < -0.4 is 5.32 Å². The Kier molecular flexibility index (Phi) is 7.99. The first kappa shape index (κ1) is 12.6. The molecule has 0 aromatic carbocycles. The second-order valence-electron chi connectivity index (χ2n) is 3.09. The van der Waals surface area contributed by atoms with Crippen LogP contribution in [0, 0.1) is 0 Å². The number of hydrogen-bond acceptors (Lipinski definition) is 3. The molecule has 0 heterocycles. The van der Waals surface area contributed by atoms with Crippen LogP contribution in [0.2, 0.25) is 0 Å². The highest BCUT2D eigenvalue weighted by molar-refractivity contribution is 4.72. The van der Waals surface area contributed by atoms with Crippen molar-refractivity contribution in [1.82, 2.24) is 10.2 Å². The zero-order chi connectivity index (χ0) is 10.1. The summed E-state index contributed by atoms with van der Waals surface area (Å²) in [7, 11) is 0. The molecule has 0 bridgehead atoms. The van der Waals surface area contributed by atoms with Gasteiger partial charge in [-0.15, -0.1) is 6.58 Å². The van der Waals surface area contributed by atoms with Gasteiger partial charge in [-0.05, 0) is 13.1 Å². The molecule has 3 nitrogen and oxygen atoms in total. The van der Waals surface area contributed by atoms with Crippen LogP contribution in [0.1, 0.15) is 13.8 Å². The Balaban J connectivity index is 3.47. The van der Waals surface area contributed by atoms with E-state index < -0.39 is 0 Å². The quantitative estimate of drug-likeness (QED) is 0.427. The molecule has 0 saturated carbocycles. The molecule has 1 atom stereocenters. The predicted molar refractivity (Wildman–Crippen MR) is 56.9 cm³/mol. The predicted octanol–water partition coefficient (Wildman–Crippen LogP) is 0.465. The monoisotopic (exact) mass is 186 g/mol. The fraction of sp³-hybridized carbons (Fsp3) is 0.800. The zero-order valence-electron chi connectivity index (χ0n) is 8.79. The van der Waals surface area contributed by atoms with Gasteiger partial charge in [0.1, 0.15) is 0 Å². The molecule has 0 aromatic heterocycles. The number of aliphatic hydroxyl groups is 1. The summed E-state index contributed by atoms with van der Waals surface area (Å²) < 4.78 is 0. The minimum Gasteiger partial charge on any atom is -0.390 e. The summed E-state index contributed by atoms with van der Waals surface area (Å²) in [4.78, 5) is 2.21.